The van der Waals surface area contributed by atoms with Crippen LogP contribution in [0.5, 0.6) is 0 Å². The summed E-state index contributed by atoms with van der Waals surface area (Å²) in [6.07, 6.45) is 2.84. The van der Waals surface area contributed by atoms with Crippen LogP contribution in [0, 0.1) is 0 Å². The van der Waals surface area contributed by atoms with Gasteiger partial charge in [0, 0.05) is 12.2 Å². The quantitative estimate of drug-likeness (QED) is 0.757. The van der Waals surface area contributed by atoms with Crippen LogP contribution in [0.1, 0.15) is 0 Å². The van der Waals surface area contributed by atoms with E-state index in [1.165, 1.54) is 0 Å². The third kappa shape index (κ3) is 2.70. The Balaban J connectivity index is 2.26. The highest BCUT2D eigenvalue weighted by atomic mass is 15.4. The highest BCUT2D eigenvalue weighted by Crippen LogP contribution is 2.14. The number of hydrogen-bond acceptors (Lipinski definition) is 5. The number of nitrogens with one attached hydrogen (secondary N) is 1. The number of nitrogens with zero attached hydrogens (tertiary/aromatic N) is 3. The lowest BCUT2D eigenvalue weighted by Crippen LogP contribution is -2.45. The smallest absolute Gasteiger partial charge is 0.207 e. The molecule has 0 bridgehead atoms. The second-order valence-corrected chi connectivity index (χ2v) is 3.52. The molecule has 17 heavy (non-hydrogen) atoms. The zero-order valence-electron chi connectivity index (χ0n) is 9.45. The fourth-order valence-electron chi connectivity index (χ4n) is 1.57. The van der Waals surface area contributed by atoms with Gasteiger partial charge in [0.15, 0.2) is 6.29 Å². The minimum Gasteiger partial charge on any atom is -0.317 e. The van der Waals surface area contributed by atoms with E-state index >= 15 is 0 Å². The van der Waals surface area contributed by atoms with Gasteiger partial charge in [-0.25, -0.2) is 9.98 Å². The van der Waals surface area contributed by atoms with Gasteiger partial charge in [0.05, 0.1) is 6.34 Å². The van der Waals surface area contributed by atoms with E-state index in [-0.39, 0.29) is 0 Å². The Morgan fingerprint density at radius 2 is 2.18 bits per heavy atom. The molecule has 5 heteroatoms. The molecule has 1 aliphatic rings. The number of para-hydroxylation sites is 1. The van der Waals surface area contributed by atoms with E-state index in [1.807, 2.05) is 41.3 Å². The van der Waals surface area contributed by atoms with Gasteiger partial charge in [0.1, 0.15) is 0 Å². The number of aliphatic imine (C=N–C) groups is 2. The van der Waals surface area contributed by atoms with Crippen LogP contribution in [0.4, 0.5) is 5.69 Å². The van der Waals surface area contributed by atoms with Crippen LogP contribution < -0.4 is 16.0 Å². The molecule has 0 aliphatic carbocycles. The molecular formula is C12H15N5. The summed E-state index contributed by atoms with van der Waals surface area (Å²) in [5, 5.41) is 2.99. The maximum absolute atomic E-state index is 5.66. The number of guanidine groups is 1. The molecule has 2 rings (SSSR count). The van der Waals surface area contributed by atoms with Crippen molar-refractivity contribution in [2.45, 2.75) is 6.29 Å². The molecule has 0 aromatic heterocycles. The molecule has 0 saturated heterocycles. The van der Waals surface area contributed by atoms with Crippen LogP contribution in [-0.2, 0) is 0 Å². The Bertz CT molecular complexity index is 437. The van der Waals surface area contributed by atoms with E-state index in [2.05, 4.69) is 21.9 Å². The third-order valence-electron chi connectivity index (χ3n) is 2.31. The van der Waals surface area contributed by atoms with Gasteiger partial charge >= 0.3 is 0 Å². The molecule has 0 radical (unpaired) electrons. The van der Waals surface area contributed by atoms with Gasteiger partial charge in [-0.15, -0.1) is 6.58 Å². The van der Waals surface area contributed by atoms with Gasteiger partial charge < -0.3 is 10.2 Å². The molecule has 0 fully saturated rings. The molecule has 0 spiro atoms. The normalized spacial score (nSPS) is 18.2. The fourth-order valence-corrected chi connectivity index (χ4v) is 1.57. The van der Waals surface area contributed by atoms with E-state index in [0.717, 1.165) is 5.69 Å². The number of rotatable bonds is 3. The standard InChI is InChI=1S/C12H15N5/c1-2-8-17(10-6-4-3-5-7-10)12-15-9-14-11(13)16-12/h2-7,9,11H,1,8,13H2,(H,14,15,16). The maximum atomic E-state index is 5.66. The van der Waals surface area contributed by atoms with Crippen molar-refractivity contribution in [2.75, 3.05) is 11.4 Å². The van der Waals surface area contributed by atoms with Crippen LogP contribution in [0.25, 0.3) is 0 Å². The predicted octanol–water partition coefficient (Wildman–Crippen LogP) is 0.909. The molecule has 3 N–H and O–H groups in total. The van der Waals surface area contributed by atoms with Crippen LogP contribution in [0.15, 0.2) is 53.0 Å². The first-order valence-electron chi connectivity index (χ1n) is 5.36. The number of nitrogens with two attached hydrogens (primary N) is 1. The van der Waals surface area contributed by atoms with Gasteiger partial charge in [-0.05, 0) is 12.1 Å². The molecular weight excluding hydrogens is 214 g/mol. The number of hydrogen-bond donors (Lipinski definition) is 2. The van der Waals surface area contributed by atoms with Gasteiger partial charge in [-0.1, -0.05) is 24.3 Å². The lowest BCUT2D eigenvalue weighted by atomic mass is 10.3. The minimum absolute atomic E-state index is 0.540. The first-order chi connectivity index (χ1) is 8.31. The topological polar surface area (TPSA) is 66.0 Å². The van der Waals surface area contributed by atoms with E-state index in [4.69, 9.17) is 5.73 Å². The highest BCUT2D eigenvalue weighted by Gasteiger charge is 2.14. The molecule has 88 valence electrons. The lowest BCUT2D eigenvalue weighted by Gasteiger charge is -2.26. The van der Waals surface area contributed by atoms with Gasteiger partial charge in [-0.2, -0.15) is 0 Å². The van der Waals surface area contributed by atoms with Crippen molar-refractivity contribution in [3.8, 4) is 0 Å². The van der Waals surface area contributed by atoms with Crippen molar-refractivity contribution in [1.82, 2.24) is 5.32 Å². The largest absolute Gasteiger partial charge is 0.317 e. The van der Waals surface area contributed by atoms with Gasteiger partial charge in [0.2, 0.25) is 5.96 Å². The van der Waals surface area contributed by atoms with Crippen LogP contribution in [0.2, 0.25) is 0 Å². The van der Waals surface area contributed by atoms with Gasteiger partial charge in [-0.3, -0.25) is 5.73 Å². The molecule has 1 aromatic rings. The summed E-state index contributed by atoms with van der Waals surface area (Å²) in [7, 11) is 0. The van der Waals surface area contributed by atoms with E-state index in [0.29, 0.717) is 12.5 Å². The zero-order valence-corrected chi connectivity index (χ0v) is 9.45. The average molecular weight is 229 g/mol. The monoisotopic (exact) mass is 229 g/mol. The van der Waals surface area contributed by atoms with E-state index in [9.17, 15) is 0 Å². The van der Waals surface area contributed by atoms with Crippen molar-refractivity contribution in [2.24, 2.45) is 15.7 Å². The number of benzene rings is 1. The first-order valence-corrected chi connectivity index (χ1v) is 5.36. The SMILES string of the molecule is C=CCN(C1=NC(N)N=CN1)c1ccccc1. The molecule has 0 amide bonds. The van der Waals surface area contributed by atoms with Crippen molar-refractivity contribution in [3.05, 3.63) is 43.0 Å². The van der Waals surface area contributed by atoms with Crippen LogP contribution >= 0.6 is 0 Å². The summed E-state index contributed by atoms with van der Waals surface area (Å²) < 4.78 is 0. The Kier molecular flexibility index (Phi) is 3.52. The van der Waals surface area contributed by atoms with Crippen molar-refractivity contribution in [1.29, 1.82) is 0 Å². The Morgan fingerprint density at radius 1 is 1.41 bits per heavy atom. The van der Waals surface area contributed by atoms with Crippen LogP contribution in [-0.4, -0.2) is 25.1 Å². The first kappa shape index (κ1) is 11.3. The fraction of sp³-hybridized carbons (Fsp3) is 0.167. The molecule has 1 heterocycles. The molecule has 1 aliphatic heterocycles. The lowest BCUT2D eigenvalue weighted by molar-refractivity contribution is 0.733. The molecule has 1 aromatic carbocycles. The van der Waals surface area contributed by atoms with Crippen molar-refractivity contribution >= 4 is 18.0 Å². The second-order valence-electron chi connectivity index (χ2n) is 3.52. The summed E-state index contributed by atoms with van der Waals surface area (Å²) in [5.41, 5.74) is 6.69. The average Bonchev–Trinajstić information content (AvgIpc) is 2.37. The Morgan fingerprint density at radius 3 is 2.82 bits per heavy atom. The molecule has 1 atom stereocenters. The predicted molar refractivity (Wildman–Crippen MR) is 71.0 cm³/mol. The van der Waals surface area contributed by atoms with E-state index < -0.39 is 6.29 Å². The maximum Gasteiger partial charge on any atom is 0.207 e. The third-order valence-corrected chi connectivity index (χ3v) is 2.31. The summed E-state index contributed by atoms with van der Waals surface area (Å²) in [6.45, 7) is 4.40. The molecule has 1 unspecified atom stereocenters. The van der Waals surface area contributed by atoms with Crippen LogP contribution in [0.3, 0.4) is 0 Å². The van der Waals surface area contributed by atoms with Crippen molar-refractivity contribution < 1.29 is 0 Å². The summed E-state index contributed by atoms with van der Waals surface area (Å²) in [4.78, 5) is 10.1. The Labute approximate surface area is 100 Å². The summed E-state index contributed by atoms with van der Waals surface area (Å²) >= 11 is 0. The minimum atomic E-state index is -0.540. The summed E-state index contributed by atoms with van der Waals surface area (Å²) in [6, 6.07) is 9.93. The zero-order chi connectivity index (χ0) is 12.1. The number of anilines is 1. The van der Waals surface area contributed by atoms with Gasteiger partial charge in [0.25, 0.3) is 0 Å². The second kappa shape index (κ2) is 5.27. The van der Waals surface area contributed by atoms with E-state index in [1.54, 1.807) is 6.34 Å². The van der Waals surface area contributed by atoms with Crippen molar-refractivity contribution in [3.63, 3.8) is 0 Å². The Hall–Kier alpha value is -2.14. The summed E-state index contributed by atoms with van der Waals surface area (Å²) in [5.74, 6) is 0.679. The molecule has 5 nitrogen and oxygen atoms in total. The molecule has 0 saturated carbocycles. The highest BCUT2D eigenvalue weighted by molar-refractivity contribution is 6.02.